The van der Waals surface area contributed by atoms with Crippen LogP contribution in [-0.4, -0.2) is 29.7 Å². The van der Waals surface area contributed by atoms with Crippen LogP contribution >= 0.6 is 38.6 Å². The van der Waals surface area contributed by atoms with E-state index in [9.17, 15) is 9.59 Å². The zero-order valence-electron chi connectivity index (χ0n) is 17.2. The van der Waals surface area contributed by atoms with Crippen molar-refractivity contribution in [2.75, 3.05) is 0 Å². The van der Waals surface area contributed by atoms with Crippen molar-refractivity contribution in [3.05, 3.63) is 68.0 Å². The number of hydrogen-bond donors (Lipinski definition) is 2. The second-order valence-corrected chi connectivity index (χ2v) is 9.96. The number of aryl methyl sites for hydroxylation is 1. The second kappa shape index (κ2) is 19.6. The Hall–Kier alpha value is -1.32. The Morgan fingerprint density at radius 1 is 0.867 bits per heavy atom. The summed E-state index contributed by atoms with van der Waals surface area (Å²) in [5.41, 5.74) is 0. The highest BCUT2D eigenvalue weighted by atomic mass is 79.9. The first-order valence-electron chi connectivity index (χ1n) is 9.79. The first-order valence-corrected chi connectivity index (χ1v) is 12.2. The van der Waals surface area contributed by atoms with Crippen LogP contribution in [-0.2, 0) is 6.42 Å². The molecule has 164 valence electrons. The third kappa shape index (κ3) is 16.5. The zero-order valence-corrected chi connectivity index (χ0v) is 20.4. The number of carbonyl (C=O) groups is 2. The summed E-state index contributed by atoms with van der Waals surface area (Å²) in [6.07, 6.45) is 13.4. The summed E-state index contributed by atoms with van der Waals surface area (Å²) in [5.74, 6) is 0. The van der Waals surface area contributed by atoms with Gasteiger partial charge in [-0.2, -0.15) is 0 Å². The molecule has 0 saturated carbocycles. The molecule has 4 nitrogen and oxygen atoms in total. The predicted molar refractivity (Wildman–Crippen MR) is 134 cm³/mol. The standard InChI is InChI=1S/C11H14OS.C6H13BO2.C5H3BrOS/c1-2-3-4-5-6-10-7-8-11(9-12)13-10;1-2-3-4-5-6-7(8)9;6-5-2-1-4(3-7)8-5/h2,7-9H,1,3-6H2;2,8-9H,1,3-6H2;1-3H. The van der Waals surface area contributed by atoms with Crippen molar-refractivity contribution in [2.24, 2.45) is 0 Å². The van der Waals surface area contributed by atoms with E-state index >= 15 is 0 Å². The first-order chi connectivity index (χ1) is 14.5. The van der Waals surface area contributed by atoms with Crippen molar-refractivity contribution in [3.63, 3.8) is 0 Å². The lowest BCUT2D eigenvalue weighted by atomic mass is 9.83. The molecule has 0 bridgehead atoms. The maximum atomic E-state index is 10.4. The Bertz CT molecular complexity index is 728. The minimum absolute atomic E-state index is 0.480. The number of carbonyl (C=O) groups excluding carboxylic acids is 2. The monoisotopic (exact) mass is 512 g/mol. The van der Waals surface area contributed by atoms with E-state index in [0.717, 1.165) is 58.2 Å². The number of thiophene rings is 2. The van der Waals surface area contributed by atoms with E-state index in [2.05, 4.69) is 29.1 Å². The maximum absolute atomic E-state index is 10.4. The van der Waals surface area contributed by atoms with Crippen molar-refractivity contribution in [1.82, 2.24) is 0 Å². The first kappa shape index (κ1) is 28.7. The quantitative estimate of drug-likeness (QED) is 0.145. The SMILES string of the molecule is C=CCCCCB(O)O.C=CCCCCc1ccc(C=O)s1.O=Cc1ccc(Br)s1. The molecule has 0 aliphatic heterocycles. The fourth-order valence-electron chi connectivity index (χ4n) is 2.19. The van der Waals surface area contributed by atoms with Gasteiger partial charge in [-0.15, -0.1) is 35.8 Å². The van der Waals surface area contributed by atoms with Crippen LogP contribution in [0.15, 0.2) is 53.4 Å². The number of halogens is 1. The third-order valence-electron chi connectivity index (χ3n) is 3.71. The minimum Gasteiger partial charge on any atom is -0.427 e. The molecule has 8 heteroatoms. The normalized spacial score (nSPS) is 9.43. The molecule has 0 atom stereocenters. The molecule has 0 saturated heterocycles. The summed E-state index contributed by atoms with van der Waals surface area (Å²) in [6, 6.07) is 7.57. The average molecular weight is 513 g/mol. The minimum atomic E-state index is -1.13. The summed E-state index contributed by atoms with van der Waals surface area (Å²) in [4.78, 5) is 23.3. The molecule has 0 aliphatic rings. The van der Waals surface area contributed by atoms with Gasteiger partial charge >= 0.3 is 7.12 Å². The number of rotatable bonds is 12. The van der Waals surface area contributed by atoms with Crippen molar-refractivity contribution < 1.29 is 19.6 Å². The van der Waals surface area contributed by atoms with Crippen LogP contribution in [0.25, 0.3) is 0 Å². The highest BCUT2D eigenvalue weighted by molar-refractivity contribution is 9.11. The number of allylic oxidation sites excluding steroid dienone is 2. The Kier molecular flexibility index (Phi) is 18.8. The van der Waals surface area contributed by atoms with Gasteiger partial charge in [-0.3, -0.25) is 9.59 Å². The average Bonchev–Trinajstić information content (AvgIpc) is 3.38. The van der Waals surface area contributed by atoms with Gasteiger partial charge in [0.25, 0.3) is 0 Å². The van der Waals surface area contributed by atoms with Gasteiger partial charge in [0.2, 0.25) is 0 Å². The molecule has 0 fully saturated rings. The Labute approximate surface area is 196 Å². The molecule has 2 rings (SSSR count). The van der Waals surface area contributed by atoms with Crippen LogP contribution in [0.2, 0.25) is 6.32 Å². The lowest BCUT2D eigenvalue weighted by molar-refractivity contribution is 0.111. The van der Waals surface area contributed by atoms with E-state index in [1.165, 1.54) is 29.1 Å². The molecule has 0 spiro atoms. The van der Waals surface area contributed by atoms with Gasteiger partial charge in [0, 0.05) is 4.88 Å². The number of unbranched alkanes of at least 4 members (excludes halogenated alkanes) is 4. The summed E-state index contributed by atoms with van der Waals surface area (Å²) < 4.78 is 1.000. The lowest BCUT2D eigenvalue weighted by Crippen LogP contribution is -2.09. The van der Waals surface area contributed by atoms with Gasteiger partial charge in [0.05, 0.1) is 13.5 Å². The Morgan fingerprint density at radius 3 is 1.87 bits per heavy atom. The second-order valence-electron chi connectivity index (χ2n) is 6.27. The van der Waals surface area contributed by atoms with Gasteiger partial charge in [-0.25, -0.2) is 0 Å². The fourth-order valence-corrected chi connectivity index (χ4v) is 4.30. The molecule has 2 aromatic rings. The topological polar surface area (TPSA) is 74.6 Å². The summed E-state index contributed by atoms with van der Waals surface area (Å²) in [7, 11) is -1.13. The predicted octanol–water partition coefficient (Wildman–Crippen LogP) is 6.60. The van der Waals surface area contributed by atoms with E-state index in [1.807, 2.05) is 30.4 Å². The smallest absolute Gasteiger partial charge is 0.427 e. The van der Waals surface area contributed by atoms with Gasteiger partial charge < -0.3 is 10.0 Å². The van der Waals surface area contributed by atoms with E-state index in [0.29, 0.717) is 6.32 Å². The summed E-state index contributed by atoms with van der Waals surface area (Å²) >= 11 is 6.27. The van der Waals surface area contributed by atoms with Crippen molar-refractivity contribution in [3.8, 4) is 0 Å². The number of aldehydes is 2. The molecule has 2 aromatic heterocycles. The van der Waals surface area contributed by atoms with Crippen molar-refractivity contribution >= 4 is 58.3 Å². The fraction of sp³-hybridized carbons (Fsp3) is 0.364. The van der Waals surface area contributed by atoms with Crippen LogP contribution in [0.5, 0.6) is 0 Å². The van der Waals surface area contributed by atoms with E-state index in [1.54, 1.807) is 17.4 Å². The van der Waals surface area contributed by atoms with Crippen LogP contribution in [0.4, 0.5) is 0 Å². The molecule has 0 aliphatic carbocycles. The molecule has 30 heavy (non-hydrogen) atoms. The van der Waals surface area contributed by atoms with Crippen molar-refractivity contribution in [2.45, 2.75) is 51.3 Å². The molecule has 0 amide bonds. The van der Waals surface area contributed by atoms with Crippen LogP contribution in [0.1, 0.15) is 62.7 Å². The lowest BCUT2D eigenvalue weighted by Gasteiger charge is -1.95. The number of hydrogen-bond acceptors (Lipinski definition) is 6. The van der Waals surface area contributed by atoms with Gasteiger partial charge in [0.15, 0.2) is 12.6 Å². The highest BCUT2D eigenvalue weighted by Gasteiger charge is 2.03. The largest absolute Gasteiger partial charge is 0.451 e. The van der Waals surface area contributed by atoms with Crippen LogP contribution in [0.3, 0.4) is 0 Å². The molecule has 0 unspecified atom stereocenters. The molecule has 0 aromatic carbocycles. The van der Waals surface area contributed by atoms with Gasteiger partial charge in [0.1, 0.15) is 0 Å². The summed E-state index contributed by atoms with van der Waals surface area (Å²) in [6.45, 7) is 7.23. The zero-order chi connectivity index (χ0) is 22.6. The Morgan fingerprint density at radius 2 is 1.43 bits per heavy atom. The molecule has 2 heterocycles. The molecule has 0 radical (unpaired) electrons. The van der Waals surface area contributed by atoms with Crippen molar-refractivity contribution in [1.29, 1.82) is 0 Å². The van der Waals surface area contributed by atoms with E-state index in [4.69, 9.17) is 10.0 Å². The van der Waals surface area contributed by atoms with Crippen LogP contribution in [0, 0.1) is 0 Å². The highest BCUT2D eigenvalue weighted by Crippen LogP contribution is 2.20. The maximum Gasteiger partial charge on any atom is 0.451 e. The molecular formula is C22H30BBrO4S2. The molecular weight excluding hydrogens is 483 g/mol. The third-order valence-corrected chi connectivity index (χ3v) is 6.33. The van der Waals surface area contributed by atoms with E-state index in [-0.39, 0.29) is 0 Å². The van der Waals surface area contributed by atoms with Crippen LogP contribution < -0.4 is 0 Å². The Balaban J connectivity index is 0.000000438. The molecule has 2 N–H and O–H groups in total. The summed E-state index contributed by atoms with van der Waals surface area (Å²) in [5, 5.41) is 16.8. The van der Waals surface area contributed by atoms with Gasteiger partial charge in [-0.1, -0.05) is 25.0 Å². The van der Waals surface area contributed by atoms with E-state index < -0.39 is 7.12 Å². The van der Waals surface area contributed by atoms with Gasteiger partial charge in [-0.05, 0) is 78.6 Å².